The van der Waals surface area contributed by atoms with E-state index >= 15 is 0 Å². The first-order chi connectivity index (χ1) is 14.7. The number of likely N-dealkylation sites (tertiary alicyclic amines) is 1. The van der Waals surface area contributed by atoms with Crippen molar-refractivity contribution in [2.24, 2.45) is 23.2 Å². The van der Waals surface area contributed by atoms with Gasteiger partial charge >= 0.3 is 5.97 Å². The van der Waals surface area contributed by atoms with Crippen molar-refractivity contribution >= 4 is 16.7 Å². The van der Waals surface area contributed by atoms with Gasteiger partial charge in [0, 0.05) is 19.6 Å². The number of ether oxygens (including phenoxy) is 1. The average molecular weight is 424 g/mol. The number of carboxylic acid groups (broad SMARTS) is 1. The SMILES string of the molecule is CC1CN(Cc2ccc3cc(OC4CCC(C(C)(C)C)CC4)ccc3c2)CC1C(=O)O. The quantitative estimate of drug-likeness (QED) is 0.643. The van der Waals surface area contributed by atoms with Gasteiger partial charge in [0.25, 0.3) is 0 Å². The summed E-state index contributed by atoms with van der Waals surface area (Å²) in [5.41, 5.74) is 1.63. The maximum Gasteiger partial charge on any atom is 0.308 e. The Morgan fingerprint density at radius 3 is 2.35 bits per heavy atom. The summed E-state index contributed by atoms with van der Waals surface area (Å²) in [5.74, 6) is 1.05. The Kier molecular flexibility index (Phi) is 6.30. The smallest absolute Gasteiger partial charge is 0.308 e. The Balaban J connectivity index is 1.37. The first-order valence-electron chi connectivity index (χ1n) is 11.8. The van der Waals surface area contributed by atoms with Crippen LogP contribution in [0.2, 0.25) is 0 Å². The maximum absolute atomic E-state index is 11.4. The fourth-order valence-corrected chi connectivity index (χ4v) is 5.46. The van der Waals surface area contributed by atoms with Gasteiger partial charge in [-0.2, -0.15) is 0 Å². The number of hydrogen-bond acceptors (Lipinski definition) is 3. The second-order valence-corrected chi connectivity index (χ2v) is 10.9. The zero-order valence-corrected chi connectivity index (χ0v) is 19.4. The molecule has 1 heterocycles. The van der Waals surface area contributed by atoms with Gasteiger partial charge in [0.2, 0.25) is 0 Å². The molecule has 31 heavy (non-hydrogen) atoms. The van der Waals surface area contributed by atoms with E-state index in [0.717, 1.165) is 37.6 Å². The van der Waals surface area contributed by atoms with Gasteiger partial charge in [0.1, 0.15) is 5.75 Å². The molecule has 2 fully saturated rings. The van der Waals surface area contributed by atoms with Crippen LogP contribution >= 0.6 is 0 Å². The molecule has 2 aromatic rings. The number of rotatable bonds is 5. The molecule has 1 N–H and O–H groups in total. The maximum atomic E-state index is 11.4. The normalized spacial score (nSPS) is 27.5. The Morgan fingerprint density at radius 1 is 1.03 bits per heavy atom. The predicted molar refractivity (Wildman–Crippen MR) is 125 cm³/mol. The van der Waals surface area contributed by atoms with Gasteiger partial charge in [-0.3, -0.25) is 9.69 Å². The van der Waals surface area contributed by atoms with Crippen LogP contribution in [-0.4, -0.2) is 35.2 Å². The van der Waals surface area contributed by atoms with Crippen molar-refractivity contribution in [3.8, 4) is 5.75 Å². The van der Waals surface area contributed by atoms with Crippen LogP contribution in [0, 0.1) is 23.2 Å². The molecule has 2 unspecified atom stereocenters. The highest BCUT2D eigenvalue weighted by molar-refractivity contribution is 5.84. The number of carboxylic acids is 1. The average Bonchev–Trinajstić information content (AvgIpc) is 3.08. The Hall–Kier alpha value is -2.07. The van der Waals surface area contributed by atoms with Crippen molar-refractivity contribution in [1.82, 2.24) is 4.90 Å². The van der Waals surface area contributed by atoms with E-state index in [-0.39, 0.29) is 11.8 Å². The molecule has 4 nitrogen and oxygen atoms in total. The van der Waals surface area contributed by atoms with Gasteiger partial charge in [-0.1, -0.05) is 45.9 Å². The lowest BCUT2D eigenvalue weighted by molar-refractivity contribution is -0.142. The Morgan fingerprint density at radius 2 is 1.71 bits per heavy atom. The van der Waals surface area contributed by atoms with Crippen LogP contribution in [0.5, 0.6) is 5.75 Å². The van der Waals surface area contributed by atoms with Crippen LogP contribution in [-0.2, 0) is 11.3 Å². The topological polar surface area (TPSA) is 49.8 Å². The van der Waals surface area contributed by atoms with Crippen LogP contribution in [0.1, 0.15) is 58.9 Å². The Bertz CT molecular complexity index is 924. The molecule has 0 aromatic heterocycles. The summed E-state index contributed by atoms with van der Waals surface area (Å²) in [6.07, 6.45) is 5.12. The molecule has 4 heteroatoms. The minimum Gasteiger partial charge on any atom is -0.490 e. The van der Waals surface area contributed by atoms with Gasteiger partial charge in [-0.05, 0) is 77.5 Å². The number of benzene rings is 2. The molecule has 1 saturated carbocycles. The van der Waals surface area contributed by atoms with Crippen molar-refractivity contribution in [3.05, 3.63) is 42.0 Å². The van der Waals surface area contributed by atoms with E-state index in [1.807, 2.05) is 6.92 Å². The highest BCUT2D eigenvalue weighted by Gasteiger charge is 2.34. The number of nitrogens with zero attached hydrogens (tertiary/aromatic N) is 1. The molecule has 2 aliphatic rings. The summed E-state index contributed by atoms with van der Waals surface area (Å²) in [6, 6.07) is 13.0. The van der Waals surface area contributed by atoms with Gasteiger partial charge < -0.3 is 9.84 Å². The molecule has 0 radical (unpaired) electrons. The summed E-state index contributed by atoms with van der Waals surface area (Å²) in [5, 5.41) is 11.8. The minimum absolute atomic E-state index is 0.205. The van der Waals surface area contributed by atoms with E-state index in [0.29, 0.717) is 18.1 Å². The van der Waals surface area contributed by atoms with Crippen molar-refractivity contribution in [3.63, 3.8) is 0 Å². The molecular formula is C27H37NO3. The van der Waals surface area contributed by atoms with Crippen molar-refractivity contribution < 1.29 is 14.6 Å². The van der Waals surface area contributed by atoms with Crippen LogP contribution in [0.15, 0.2) is 36.4 Å². The van der Waals surface area contributed by atoms with Crippen LogP contribution in [0.25, 0.3) is 10.8 Å². The standard InChI is InChI=1S/C27H37NO3/c1-18-15-28(17-25(18)26(29)30)16-19-5-6-21-14-24(10-7-20(21)13-19)31-23-11-8-22(9-12-23)27(2,3)4/h5-7,10,13-14,18,22-23,25H,8-9,11-12,15-17H2,1-4H3,(H,29,30). The molecule has 0 spiro atoms. The van der Waals surface area contributed by atoms with Gasteiger partial charge in [-0.25, -0.2) is 0 Å². The number of carbonyl (C=O) groups is 1. The summed E-state index contributed by atoms with van der Waals surface area (Å²) >= 11 is 0. The molecule has 1 aliphatic heterocycles. The zero-order valence-electron chi connectivity index (χ0n) is 19.4. The summed E-state index contributed by atoms with van der Waals surface area (Å²) < 4.78 is 6.34. The lowest BCUT2D eigenvalue weighted by atomic mass is 9.72. The van der Waals surface area contributed by atoms with Crippen LogP contribution < -0.4 is 4.74 Å². The summed E-state index contributed by atoms with van der Waals surface area (Å²) in [4.78, 5) is 13.6. The molecule has 0 amide bonds. The largest absolute Gasteiger partial charge is 0.490 e. The zero-order chi connectivity index (χ0) is 22.2. The van der Waals surface area contributed by atoms with Crippen LogP contribution in [0.3, 0.4) is 0 Å². The first-order valence-corrected chi connectivity index (χ1v) is 11.8. The second-order valence-electron chi connectivity index (χ2n) is 10.9. The molecule has 1 aliphatic carbocycles. The van der Waals surface area contributed by atoms with E-state index in [1.165, 1.54) is 29.2 Å². The lowest BCUT2D eigenvalue weighted by Crippen LogP contribution is -2.30. The predicted octanol–water partition coefficient (Wildman–Crippen LogP) is 5.98. The van der Waals surface area contributed by atoms with E-state index < -0.39 is 5.97 Å². The molecule has 168 valence electrons. The second kappa shape index (κ2) is 8.82. The molecule has 2 aromatic carbocycles. The van der Waals surface area contributed by atoms with Gasteiger partial charge in [0.15, 0.2) is 0 Å². The molecular weight excluding hydrogens is 386 g/mol. The van der Waals surface area contributed by atoms with Gasteiger partial charge in [-0.15, -0.1) is 0 Å². The van der Waals surface area contributed by atoms with Crippen molar-refractivity contribution in [2.75, 3.05) is 13.1 Å². The van der Waals surface area contributed by atoms with E-state index in [4.69, 9.17) is 4.74 Å². The monoisotopic (exact) mass is 423 g/mol. The minimum atomic E-state index is -0.673. The number of hydrogen-bond donors (Lipinski definition) is 1. The Labute approximate surface area is 186 Å². The summed E-state index contributed by atoms with van der Waals surface area (Å²) in [7, 11) is 0. The van der Waals surface area contributed by atoms with E-state index in [1.54, 1.807) is 0 Å². The summed E-state index contributed by atoms with van der Waals surface area (Å²) in [6.45, 7) is 11.4. The fourth-order valence-electron chi connectivity index (χ4n) is 5.46. The highest BCUT2D eigenvalue weighted by Crippen LogP contribution is 2.39. The van der Waals surface area contributed by atoms with Crippen molar-refractivity contribution in [2.45, 2.75) is 66.0 Å². The molecule has 0 bridgehead atoms. The van der Waals surface area contributed by atoms with E-state index in [9.17, 15) is 9.90 Å². The van der Waals surface area contributed by atoms with Gasteiger partial charge in [0.05, 0.1) is 12.0 Å². The third-order valence-corrected chi connectivity index (χ3v) is 7.49. The highest BCUT2D eigenvalue weighted by atomic mass is 16.5. The number of aliphatic carboxylic acids is 1. The lowest BCUT2D eigenvalue weighted by Gasteiger charge is -2.37. The van der Waals surface area contributed by atoms with Crippen molar-refractivity contribution in [1.29, 1.82) is 0 Å². The van der Waals surface area contributed by atoms with Crippen LogP contribution in [0.4, 0.5) is 0 Å². The number of fused-ring (bicyclic) bond motifs is 1. The first kappa shape index (κ1) is 22.1. The van der Waals surface area contributed by atoms with E-state index in [2.05, 4.69) is 62.1 Å². The fraction of sp³-hybridized carbons (Fsp3) is 0.593. The third-order valence-electron chi connectivity index (χ3n) is 7.49. The third kappa shape index (κ3) is 5.23. The molecule has 2 atom stereocenters. The molecule has 1 saturated heterocycles. The molecule has 4 rings (SSSR count).